The van der Waals surface area contributed by atoms with Crippen molar-refractivity contribution in [2.45, 2.75) is 20.0 Å². The molecule has 0 saturated carbocycles. The molecule has 0 heterocycles. The van der Waals surface area contributed by atoms with Crippen molar-refractivity contribution >= 4 is 29.2 Å². The van der Waals surface area contributed by atoms with E-state index in [1.807, 2.05) is 25.1 Å². The average Bonchev–Trinajstić information content (AvgIpc) is 2.56. The van der Waals surface area contributed by atoms with E-state index in [0.29, 0.717) is 16.5 Å². The van der Waals surface area contributed by atoms with E-state index >= 15 is 0 Å². The number of nitrogens with one attached hydrogen (secondary N) is 1. The highest BCUT2D eigenvalue weighted by Gasteiger charge is 2.18. The minimum Gasteiger partial charge on any atom is -0.482 e. The standard InChI is InChI=1S/C18H18ClNO4/c1-12-5-3-4-6-16(12)23-11-17(21)24-13(2)18(22)20-15-9-7-14(19)8-10-15/h3-10,13H,11H2,1-2H3,(H,20,22)/t13-/m0/s1. The van der Waals surface area contributed by atoms with E-state index in [4.69, 9.17) is 21.1 Å². The Labute approximate surface area is 145 Å². The summed E-state index contributed by atoms with van der Waals surface area (Å²) in [6.07, 6.45) is -0.936. The Morgan fingerprint density at radius 2 is 1.79 bits per heavy atom. The number of para-hydroxylation sites is 1. The van der Waals surface area contributed by atoms with Gasteiger partial charge in [-0.3, -0.25) is 4.79 Å². The zero-order valence-corrected chi connectivity index (χ0v) is 14.2. The molecule has 0 radical (unpaired) electrons. The Bertz CT molecular complexity index is 715. The van der Waals surface area contributed by atoms with E-state index in [1.54, 1.807) is 30.3 Å². The smallest absolute Gasteiger partial charge is 0.344 e. The second-order valence-corrected chi connectivity index (χ2v) is 5.62. The summed E-state index contributed by atoms with van der Waals surface area (Å²) in [5.41, 5.74) is 1.49. The van der Waals surface area contributed by atoms with Gasteiger partial charge >= 0.3 is 5.97 Å². The van der Waals surface area contributed by atoms with Gasteiger partial charge in [0.05, 0.1) is 0 Å². The molecule has 0 unspecified atom stereocenters. The monoisotopic (exact) mass is 347 g/mol. The fourth-order valence-corrected chi connectivity index (χ4v) is 2.04. The second kappa shape index (κ2) is 8.36. The molecule has 1 atom stereocenters. The van der Waals surface area contributed by atoms with Crippen LogP contribution in [0.15, 0.2) is 48.5 Å². The zero-order valence-electron chi connectivity index (χ0n) is 13.4. The van der Waals surface area contributed by atoms with Gasteiger partial charge in [-0.25, -0.2) is 4.79 Å². The van der Waals surface area contributed by atoms with Crippen molar-refractivity contribution < 1.29 is 19.1 Å². The van der Waals surface area contributed by atoms with Crippen LogP contribution in [0.4, 0.5) is 5.69 Å². The number of ether oxygens (including phenoxy) is 2. The number of aryl methyl sites for hydroxylation is 1. The molecule has 0 aliphatic carbocycles. The first-order valence-corrected chi connectivity index (χ1v) is 7.78. The van der Waals surface area contributed by atoms with E-state index in [2.05, 4.69) is 5.32 Å². The molecule has 0 fully saturated rings. The Hall–Kier alpha value is -2.53. The normalized spacial score (nSPS) is 11.5. The molecule has 2 aromatic rings. The zero-order chi connectivity index (χ0) is 17.5. The van der Waals surface area contributed by atoms with Crippen LogP contribution in [0.5, 0.6) is 5.75 Å². The van der Waals surface area contributed by atoms with Gasteiger partial charge in [-0.15, -0.1) is 0 Å². The third-order valence-corrected chi connectivity index (χ3v) is 3.48. The number of benzene rings is 2. The number of rotatable bonds is 6. The molecule has 0 saturated heterocycles. The second-order valence-electron chi connectivity index (χ2n) is 5.18. The molecule has 0 aliphatic heterocycles. The number of halogens is 1. The molecular weight excluding hydrogens is 330 g/mol. The number of carbonyl (C=O) groups is 2. The number of hydrogen-bond donors (Lipinski definition) is 1. The third kappa shape index (κ3) is 5.28. The van der Waals surface area contributed by atoms with Crippen molar-refractivity contribution in [3.8, 4) is 5.75 Å². The van der Waals surface area contributed by atoms with Gasteiger partial charge in [-0.2, -0.15) is 0 Å². The largest absolute Gasteiger partial charge is 0.482 e. The van der Waals surface area contributed by atoms with E-state index in [1.165, 1.54) is 6.92 Å². The lowest BCUT2D eigenvalue weighted by Gasteiger charge is -2.14. The van der Waals surface area contributed by atoms with Crippen LogP contribution in [-0.2, 0) is 14.3 Å². The fraction of sp³-hybridized carbons (Fsp3) is 0.222. The predicted octanol–water partition coefficient (Wildman–Crippen LogP) is 3.60. The Morgan fingerprint density at radius 3 is 2.46 bits per heavy atom. The summed E-state index contributed by atoms with van der Waals surface area (Å²) in [5.74, 6) is -0.439. The first kappa shape index (κ1) is 17.8. The molecule has 126 valence electrons. The quantitative estimate of drug-likeness (QED) is 0.811. The first-order valence-electron chi connectivity index (χ1n) is 7.40. The maximum atomic E-state index is 12.0. The average molecular weight is 348 g/mol. The van der Waals surface area contributed by atoms with Gasteiger partial charge in [0, 0.05) is 10.7 Å². The molecule has 0 spiro atoms. The summed E-state index contributed by atoms with van der Waals surface area (Å²) in [4.78, 5) is 23.8. The summed E-state index contributed by atoms with van der Waals surface area (Å²) < 4.78 is 10.5. The summed E-state index contributed by atoms with van der Waals surface area (Å²) in [6.45, 7) is 3.11. The fourth-order valence-electron chi connectivity index (χ4n) is 1.92. The lowest BCUT2D eigenvalue weighted by molar-refractivity contribution is -0.155. The van der Waals surface area contributed by atoms with Crippen molar-refractivity contribution in [1.82, 2.24) is 0 Å². The van der Waals surface area contributed by atoms with Gasteiger partial charge in [0.25, 0.3) is 5.91 Å². The molecule has 6 heteroatoms. The SMILES string of the molecule is Cc1ccccc1OCC(=O)O[C@@H](C)C(=O)Nc1ccc(Cl)cc1. The van der Waals surface area contributed by atoms with Gasteiger partial charge in [0.2, 0.25) is 0 Å². The van der Waals surface area contributed by atoms with Crippen LogP contribution in [-0.4, -0.2) is 24.6 Å². The van der Waals surface area contributed by atoms with Crippen LogP contribution in [0.1, 0.15) is 12.5 Å². The topological polar surface area (TPSA) is 64.6 Å². The maximum Gasteiger partial charge on any atom is 0.344 e. The van der Waals surface area contributed by atoms with Gasteiger partial charge in [0.15, 0.2) is 12.7 Å². The van der Waals surface area contributed by atoms with Gasteiger partial charge < -0.3 is 14.8 Å². The highest BCUT2D eigenvalue weighted by molar-refractivity contribution is 6.30. The van der Waals surface area contributed by atoms with Crippen LogP contribution in [0, 0.1) is 6.92 Å². The lowest BCUT2D eigenvalue weighted by Crippen LogP contribution is -2.31. The number of hydrogen-bond acceptors (Lipinski definition) is 4. The molecule has 0 aliphatic rings. The summed E-state index contributed by atoms with van der Waals surface area (Å²) >= 11 is 5.78. The van der Waals surface area contributed by atoms with Crippen LogP contribution < -0.4 is 10.1 Å². The lowest BCUT2D eigenvalue weighted by atomic mass is 10.2. The minimum atomic E-state index is -0.936. The first-order chi connectivity index (χ1) is 11.5. The van der Waals surface area contributed by atoms with E-state index in [0.717, 1.165) is 5.56 Å². The minimum absolute atomic E-state index is 0.260. The highest BCUT2D eigenvalue weighted by Crippen LogP contribution is 2.16. The van der Waals surface area contributed by atoms with Crippen LogP contribution in [0.2, 0.25) is 5.02 Å². The van der Waals surface area contributed by atoms with Crippen molar-refractivity contribution in [1.29, 1.82) is 0 Å². The Morgan fingerprint density at radius 1 is 1.12 bits per heavy atom. The molecule has 2 aromatic carbocycles. The maximum absolute atomic E-state index is 12.0. The molecule has 1 N–H and O–H groups in total. The summed E-state index contributed by atoms with van der Waals surface area (Å²) in [5, 5.41) is 3.21. The molecule has 24 heavy (non-hydrogen) atoms. The molecular formula is C18H18ClNO4. The van der Waals surface area contributed by atoms with E-state index in [9.17, 15) is 9.59 Å². The number of carbonyl (C=O) groups excluding carboxylic acids is 2. The molecule has 5 nitrogen and oxygen atoms in total. The summed E-state index contributed by atoms with van der Waals surface area (Å²) in [6, 6.07) is 14.0. The van der Waals surface area contributed by atoms with Crippen molar-refractivity contribution in [2.75, 3.05) is 11.9 Å². The molecule has 1 amide bonds. The number of amides is 1. The number of anilines is 1. The third-order valence-electron chi connectivity index (χ3n) is 3.23. The molecule has 0 aromatic heterocycles. The van der Waals surface area contributed by atoms with Gasteiger partial charge in [-0.1, -0.05) is 29.8 Å². The molecule has 0 bridgehead atoms. The molecule has 2 rings (SSSR count). The predicted molar refractivity (Wildman–Crippen MR) is 92.3 cm³/mol. The van der Waals surface area contributed by atoms with Crippen molar-refractivity contribution in [2.24, 2.45) is 0 Å². The number of esters is 1. The van der Waals surface area contributed by atoms with E-state index < -0.39 is 18.0 Å². The Kier molecular flexibility index (Phi) is 6.21. The van der Waals surface area contributed by atoms with E-state index in [-0.39, 0.29) is 6.61 Å². The highest BCUT2D eigenvalue weighted by atomic mass is 35.5. The van der Waals surface area contributed by atoms with Gasteiger partial charge in [-0.05, 0) is 49.7 Å². The summed E-state index contributed by atoms with van der Waals surface area (Å²) in [7, 11) is 0. The van der Waals surface area contributed by atoms with Crippen LogP contribution >= 0.6 is 11.6 Å². The Balaban J connectivity index is 1.81. The van der Waals surface area contributed by atoms with Gasteiger partial charge in [0.1, 0.15) is 5.75 Å². The van der Waals surface area contributed by atoms with Crippen molar-refractivity contribution in [3.63, 3.8) is 0 Å². The van der Waals surface area contributed by atoms with Crippen LogP contribution in [0.25, 0.3) is 0 Å². The van der Waals surface area contributed by atoms with Crippen LogP contribution in [0.3, 0.4) is 0 Å². The van der Waals surface area contributed by atoms with Crippen molar-refractivity contribution in [3.05, 3.63) is 59.1 Å².